The van der Waals surface area contributed by atoms with Crippen LogP contribution in [0, 0.1) is 11.3 Å². The zero-order valence-electron chi connectivity index (χ0n) is 37.4. The molecule has 326 valence electrons. The summed E-state index contributed by atoms with van der Waals surface area (Å²) in [6, 6.07) is 78.2. The molecule has 0 unspecified atom stereocenters. The molecule has 70 heavy (non-hydrogen) atoms. The lowest BCUT2D eigenvalue weighted by atomic mass is 10.1. The van der Waals surface area contributed by atoms with Gasteiger partial charge in [0, 0.05) is 60.6 Å². The average Bonchev–Trinajstić information content (AvgIpc) is 3.97. The first-order valence-electron chi connectivity index (χ1n) is 23.0. The second kappa shape index (κ2) is 16.8. The Balaban J connectivity index is 0.998. The molecule has 0 atom stereocenters. The Bertz CT molecular complexity index is 4050. The lowest BCUT2D eigenvalue weighted by molar-refractivity contribution is 1.07. The molecule has 0 amide bonds. The number of nitriles is 1. The largest absolute Gasteiger partial charge is 0.307 e. The highest BCUT2D eigenvalue weighted by atomic mass is 15.1. The fraction of sp³-hybridized carbons (Fsp3) is 0. The number of rotatable bonds is 8. The first-order chi connectivity index (χ1) is 34.7. The maximum absolute atomic E-state index is 11.1. The second-order valence-corrected chi connectivity index (χ2v) is 17.0. The molecule has 0 spiro atoms. The molecule has 0 fully saturated rings. The molecule has 0 bridgehead atoms. The van der Waals surface area contributed by atoms with Crippen LogP contribution in [0.3, 0.4) is 0 Å². The van der Waals surface area contributed by atoms with E-state index in [1.54, 1.807) is 0 Å². The van der Waals surface area contributed by atoms with Crippen LogP contribution in [0.4, 0.5) is 0 Å². The maximum atomic E-state index is 11.1. The fourth-order valence-electron chi connectivity index (χ4n) is 9.61. The van der Waals surface area contributed by atoms with Crippen LogP contribution in [-0.2, 0) is 0 Å². The van der Waals surface area contributed by atoms with Crippen molar-refractivity contribution in [2.24, 2.45) is 0 Å². The number of hydrogen-bond donors (Lipinski definition) is 0. The Morgan fingerprint density at radius 2 is 0.643 bits per heavy atom. The summed E-state index contributed by atoms with van der Waals surface area (Å²) in [4.78, 5) is 29.8. The topological polar surface area (TPSA) is 111 Å². The highest BCUT2D eigenvalue weighted by Gasteiger charge is 2.23. The van der Waals surface area contributed by atoms with E-state index in [0.717, 1.165) is 82.8 Å². The molecule has 4 aromatic heterocycles. The number of para-hydroxylation sites is 2. The van der Waals surface area contributed by atoms with Crippen molar-refractivity contribution >= 4 is 43.6 Å². The minimum absolute atomic E-state index is 0.480. The molecule has 0 saturated heterocycles. The third-order valence-corrected chi connectivity index (χ3v) is 12.9. The summed E-state index contributed by atoms with van der Waals surface area (Å²) >= 11 is 0. The molecule has 0 radical (unpaired) electrons. The zero-order chi connectivity index (χ0) is 46.5. The van der Waals surface area contributed by atoms with Crippen LogP contribution in [0.2, 0.25) is 0 Å². The van der Waals surface area contributed by atoms with E-state index in [1.165, 1.54) is 0 Å². The molecule has 0 aliphatic carbocycles. The van der Waals surface area contributed by atoms with E-state index in [0.29, 0.717) is 46.1 Å². The van der Waals surface area contributed by atoms with Crippen LogP contribution < -0.4 is 0 Å². The normalized spacial score (nSPS) is 11.4. The van der Waals surface area contributed by atoms with Gasteiger partial charge in [0.2, 0.25) is 0 Å². The van der Waals surface area contributed by atoms with E-state index in [4.69, 9.17) is 29.9 Å². The smallest absolute Gasteiger partial charge is 0.164 e. The third-order valence-electron chi connectivity index (χ3n) is 12.9. The number of hydrogen-bond acceptors (Lipinski definition) is 7. The van der Waals surface area contributed by atoms with E-state index in [1.807, 2.05) is 140 Å². The Morgan fingerprint density at radius 3 is 1.07 bits per heavy atom. The predicted molar refractivity (Wildman–Crippen MR) is 279 cm³/mol. The van der Waals surface area contributed by atoms with Gasteiger partial charge in [0.15, 0.2) is 34.9 Å². The van der Waals surface area contributed by atoms with Crippen LogP contribution in [0.5, 0.6) is 0 Å². The van der Waals surface area contributed by atoms with Gasteiger partial charge in [-0.05, 0) is 54.6 Å². The van der Waals surface area contributed by atoms with E-state index in [2.05, 4.69) is 100 Å². The van der Waals surface area contributed by atoms with E-state index in [9.17, 15) is 5.26 Å². The summed E-state index contributed by atoms with van der Waals surface area (Å²) in [5.74, 6) is 3.39. The van der Waals surface area contributed by atoms with Gasteiger partial charge in [-0.25, -0.2) is 29.9 Å². The molecule has 0 aliphatic rings. The molecule has 13 rings (SSSR count). The van der Waals surface area contributed by atoms with Crippen LogP contribution in [0.25, 0.3) is 123 Å². The maximum Gasteiger partial charge on any atom is 0.164 e. The van der Waals surface area contributed by atoms with Gasteiger partial charge < -0.3 is 9.13 Å². The molecule has 0 aliphatic heterocycles. The predicted octanol–water partition coefficient (Wildman–Crippen LogP) is 14.1. The number of fused-ring (bicyclic) bond motifs is 7. The molecule has 4 heterocycles. The van der Waals surface area contributed by atoms with Crippen molar-refractivity contribution in [3.05, 3.63) is 230 Å². The van der Waals surface area contributed by atoms with Gasteiger partial charge in [-0.15, -0.1) is 0 Å². The molecule has 0 N–H and O–H groups in total. The van der Waals surface area contributed by atoms with Gasteiger partial charge >= 0.3 is 0 Å². The standard InChI is InChI=1S/C61H37N9/c62-38-45-37-44(61-67-58(41-21-9-3-10-22-41)64-59(68-61)42-23-11-4-12-24-42)31-36-51(45)70-53-28-16-14-26-48(53)50-35-34-49-47-25-13-15-27-52(47)69(54(49)55(50)70)46-32-29-43(30-33-46)60-65-56(39-17-5-1-6-18-39)63-57(66-60)40-19-7-2-8-20-40/h1-37H. The summed E-state index contributed by atoms with van der Waals surface area (Å²) in [5.41, 5.74) is 11.4. The highest BCUT2D eigenvalue weighted by Crippen LogP contribution is 2.43. The molecule has 9 heteroatoms. The third kappa shape index (κ3) is 6.86. The summed E-state index contributed by atoms with van der Waals surface area (Å²) in [5, 5.41) is 15.5. The van der Waals surface area contributed by atoms with Crippen molar-refractivity contribution in [3.63, 3.8) is 0 Å². The first kappa shape index (κ1) is 40.4. The average molecular weight is 896 g/mol. The SMILES string of the molecule is N#Cc1cc(-c2nc(-c3ccccc3)nc(-c3ccccc3)n2)ccc1-n1c2ccccc2c2ccc3c4ccccc4n(-c4ccc(-c5nc(-c6ccccc6)nc(-c6ccccc6)n5)cc4)c3c21. The van der Waals surface area contributed by atoms with E-state index in [-0.39, 0.29) is 0 Å². The summed E-state index contributed by atoms with van der Waals surface area (Å²) < 4.78 is 4.59. The van der Waals surface area contributed by atoms with Gasteiger partial charge in [0.05, 0.1) is 33.3 Å². The van der Waals surface area contributed by atoms with Crippen LogP contribution >= 0.6 is 0 Å². The van der Waals surface area contributed by atoms with E-state index >= 15 is 0 Å². The van der Waals surface area contributed by atoms with Gasteiger partial charge in [-0.2, -0.15) is 5.26 Å². The molecule has 9 aromatic carbocycles. The van der Waals surface area contributed by atoms with Crippen molar-refractivity contribution < 1.29 is 0 Å². The van der Waals surface area contributed by atoms with Crippen molar-refractivity contribution in [1.29, 1.82) is 5.26 Å². The minimum Gasteiger partial charge on any atom is -0.307 e. The molecular formula is C61H37N9. The molecule has 9 nitrogen and oxygen atoms in total. The Labute approximate surface area is 402 Å². The lowest BCUT2D eigenvalue weighted by Gasteiger charge is -2.15. The van der Waals surface area contributed by atoms with Crippen molar-refractivity contribution in [2.45, 2.75) is 0 Å². The highest BCUT2D eigenvalue weighted by molar-refractivity contribution is 6.24. The summed E-state index contributed by atoms with van der Waals surface area (Å²) in [6.45, 7) is 0. The zero-order valence-corrected chi connectivity index (χ0v) is 37.4. The van der Waals surface area contributed by atoms with Gasteiger partial charge in [-0.3, -0.25) is 0 Å². The van der Waals surface area contributed by atoms with Crippen LogP contribution in [0.15, 0.2) is 224 Å². The molecule has 0 saturated carbocycles. The quantitative estimate of drug-likeness (QED) is 0.149. The van der Waals surface area contributed by atoms with Crippen molar-refractivity contribution in [2.75, 3.05) is 0 Å². The Morgan fingerprint density at radius 1 is 0.300 bits per heavy atom. The number of benzene rings is 9. The fourth-order valence-corrected chi connectivity index (χ4v) is 9.61. The molecular weight excluding hydrogens is 859 g/mol. The van der Waals surface area contributed by atoms with Crippen LogP contribution in [0.1, 0.15) is 5.56 Å². The number of aromatic nitrogens is 8. The monoisotopic (exact) mass is 895 g/mol. The molecule has 13 aromatic rings. The van der Waals surface area contributed by atoms with Gasteiger partial charge in [0.25, 0.3) is 0 Å². The Kier molecular flexibility index (Phi) is 9.66. The lowest BCUT2D eigenvalue weighted by Crippen LogP contribution is -2.03. The van der Waals surface area contributed by atoms with Crippen molar-refractivity contribution in [1.82, 2.24) is 39.0 Å². The summed E-state index contributed by atoms with van der Waals surface area (Å²) in [7, 11) is 0. The Hall–Kier alpha value is -9.91. The van der Waals surface area contributed by atoms with E-state index < -0.39 is 0 Å². The summed E-state index contributed by atoms with van der Waals surface area (Å²) in [6.07, 6.45) is 0. The van der Waals surface area contributed by atoms with Gasteiger partial charge in [0.1, 0.15) is 6.07 Å². The minimum atomic E-state index is 0.480. The van der Waals surface area contributed by atoms with Crippen molar-refractivity contribution in [3.8, 4) is 85.8 Å². The van der Waals surface area contributed by atoms with Crippen LogP contribution in [-0.4, -0.2) is 39.0 Å². The second-order valence-electron chi connectivity index (χ2n) is 17.0. The number of nitrogens with zero attached hydrogens (tertiary/aromatic N) is 9. The van der Waals surface area contributed by atoms with Gasteiger partial charge in [-0.1, -0.05) is 170 Å². The first-order valence-corrected chi connectivity index (χ1v) is 23.0.